The molecule has 1 saturated heterocycles. The molecule has 1 aromatic rings. The van der Waals surface area contributed by atoms with E-state index in [0.717, 1.165) is 25.9 Å². The number of piperazine rings is 1. The number of nitrogens with one attached hydrogen (secondary N) is 1. The second kappa shape index (κ2) is 8.54. The Bertz CT molecular complexity index is 656. The molecule has 1 saturated carbocycles. The van der Waals surface area contributed by atoms with E-state index in [1.807, 2.05) is 16.7 Å². The molecule has 3 rings (SSSR count). The number of nitrogens with two attached hydrogens (primary N) is 1. The molecule has 0 aromatic carbocycles. The van der Waals surface area contributed by atoms with E-state index in [1.165, 1.54) is 6.07 Å². The van der Waals surface area contributed by atoms with Crippen LogP contribution in [0.15, 0.2) is 21.5 Å². The van der Waals surface area contributed by atoms with Gasteiger partial charge in [-0.1, -0.05) is 0 Å². The number of nitrogens with zero attached hydrogens (tertiary/aromatic N) is 3. The van der Waals surface area contributed by atoms with Crippen molar-refractivity contribution >= 4 is 41.8 Å². The Labute approximate surface area is 163 Å². The molecule has 8 nitrogen and oxygen atoms in total. The minimum atomic E-state index is -0.598. The van der Waals surface area contributed by atoms with Crippen molar-refractivity contribution in [2.45, 2.75) is 32.4 Å². The van der Waals surface area contributed by atoms with Crippen LogP contribution in [0.4, 0.5) is 0 Å². The van der Waals surface area contributed by atoms with E-state index in [9.17, 15) is 9.59 Å². The van der Waals surface area contributed by atoms with Gasteiger partial charge in [0.1, 0.15) is 12.3 Å². The number of aliphatic imine (C=N–C) groups is 1. The van der Waals surface area contributed by atoms with Gasteiger partial charge in [0.15, 0.2) is 11.7 Å². The van der Waals surface area contributed by atoms with Gasteiger partial charge in [-0.25, -0.2) is 4.99 Å². The first kappa shape index (κ1) is 19.5. The van der Waals surface area contributed by atoms with Gasteiger partial charge in [-0.05, 0) is 31.9 Å². The van der Waals surface area contributed by atoms with Gasteiger partial charge in [0, 0.05) is 25.7 Å². The first-order valence-electron chi connectivity index (χ1n) is 8.29. The predicted molar refractivity (Wildman–Crippen MR) is 104 cm³/mol. The SMILES string of the molecule is CCNC(=NCc1ccc(C(N)=O)o1)N1CCN(C2CC2)C(=O)C1.I. The predicted octanol–water partition coefficient (Wildman–Crippen LogP) is 0.769. The van der Waals surface area contributed by atoms with Crippen LogP contribution < -0.4 is 11.1 Å². The Morgan fingerprint density at radius 1 is 1.40 bits per heavy atom. The molecule has 2 amide bonds. The molecule has 0 unspecified atom stereocenters. The minimum absolute atomic E-state index is 0. The maximum atomic E-state index is 12.3. The lowest BCUT2D eigenvalue weighted by Gasteiger charge is -2.36. The highest BCUT2D eigenvalue weighted by atomic mass is 127. The average molecular weight is 461 g/mol. The van der Waals surface area contributed by atoms with Gasteiger partial charge >= 0.3 is 0 Å². The molecule has 0 atom stereocenters. The summed E-state index contributed by atoms with van der Waals surface area (Å²) in [6, 6.07) is 3.68. The molecule has 0 bridgehead atoms. The number of carbonyl (C=O) groups excluding carboxylic acids is 2. The third-order valence-electron chi connectivity index (χ3n) is 4.17. The normalized spacial score (nSPS) is 18.1. The van der Waals surface area contributed by atoms with Crippen LogP contribution in [0.3, 0.4) is 0 Å². The van der Waals surface area contributed by atoms with Gasteiger partial charge in [0.05, 0.1) is 6.54 Å². The highest BCUT2D eigenvalue weighted by molar-refractivity contribution is 14.0. The third kappa shape index (κ3) is 4.86. The van der Waals surface area contributed by atoms with Crippen molar-refractivity contribution in [1.29, 1.82) is 0 Å². The van der Waals surface area contributed by atoms with Gasteiger partial charge < -0.3 is 25.3 Å². The molecule has 1 aliphatic carbocycles. The largest absolute Gasteiger partial charge is 0.454 e. The summed E-state index contributed by atoms with van der Waals surface area (Å²) in [5.41, 5.74) is 5.17. The first-order chi connectivity index (χ1) is 11.6. The highest BCUT2D eigenvalue weighted by Crippen LogP contribution is 2.28. The van der Waals surface area contributed by atoms with Crippen LogP contribution >= 0.6 is 24.0 Å². The third-order valence-corrected chi connectivity index (χ3v) is 4.17. The molecule has 138 valence electrons. The van der Waals surface area contributed by atoms with E-state index in [4.69, 9.17) is 10.2 Å². The van der Waals surface area contributed by atoms with Crippen LogP contribution in [0.25, 0.3) is 0 Å². The van der Waals surface area contributed by atoms with Gasteiger partial charge in [0.2, 0.25) is 5.91 Å². The lowest BCUT2D eigenvalue weighted by molar-refractivity contribution is -0.135. The first-order valence-corrected chi connectivity index (χ1v) is 8.29. The Hall–Kier alpha value is -1.78. The van der Waals surface area contributed by atoms with Crippen molar-refractivity contribution in [3.05, 3.63) is 23.7 Å². The summed E-state index contributed by atoms with van der Waals surface area (Å²) in [5.74, 6) is 0.918. The van der Waals surface area contributed by atoms with Crippen molar-refractivity contribution in [2.75, 3.05) is 26.2 Å². The van der Waals surface area contributed by atoms with Crippen molar-refractivity contribution in [2.24, 2.45) is 10.7 Å². The van der Waals surface area contributed by atoms with Crippen LogP contribution in [-0.4, -0.2) is 59.8 Å². The molecule has 0 spiro atoms. The van der Waals surface area contributed by atoms with E-state index in [0.29, 0.717) is 30.9 Å². The second-order valence-electron chi connectivity index (χ2n) is 6.04. The number of halogens is 1. The van der Waals surface area contributed by atoms with Crippen LogP contribution in [0.1, 0.15) is 36.1 Å². The zero-order chi connectivity index (χ0) is 17.1. The number of rotatable bonds is 5. The van der Waals surface area contributed by atoms with E-state index >= 15 is 0 Å². The van der Waals surface area contributed by atoms with E-state index in [1.54, 1.807) is 6.07 Å². The molecule has 9 heteroatoms. The average Bonchev–Trinajstić information content (AvgIpc) is 3.28. The van der Waals surface area contributed by atoms with Crippen molar-refractivity contribution < 1.29 is 14.0 Å². The molecule has 2 aliphatic rings. The smallest absolute Gasteiger partial charge is 0.284 e. The molecule has 2 fully saturated rings. The topological polar surface area (TPSA) is 104 Å². The lowest BCUT2D eigenvalue weighted by atomic mass is 10.3. The van der Waals surface area contributed by atoms with Crippen LogP contribution in [-0.2, 0) is 11.3 Å². The van der Waals surface area contributed by atoms with Crippen molar-refractivity contribution in [3.63, 3.8) is 0 Å². The van der Waals surface area contributed by atoms with Crippen LogP contribution in [0.2, 0.25) is 0 Å². The fourth-order valence-electron chi connectivity index (χ4n) is 2.81. The summed E-state index contributed by atoms with van der Waals surface area (Å²) in [6.07, 6.45) is 2.25. The van der Waals surface area contributed by atoms with Gasteiger partial charge in [-0.3, -0.25) is 9.59 Å². The molecular weight excluding hydrogens is 437 g/mol. The molecule has 2 heterocycles. The summed E-state index contributed by atoms with van der Waals surface area (Å²) in [6.45, 7) is 4.81. The van der Waals surface area contributed by atoms with Gasteiger partial charge in [-0.15, -0.1) is 24.0 Å². The quantitative estimate of drug-likeness (QED) is 0.383. The zero-order valence-corrected chi connectivity index (χ0v) is 16.6. The summed E-state index contributed by atoms with van der Waals surface area (Å²) in [7, 11) is 0. The number of guanidine groups is 1. The summed E-state index contributed by atoms with van der Waals surface area (Å²) in [4.78, 5) is 31.8. The molecule has 0 radical (unpaired) electrons. The van der Waals surface area contributed by atoms with Crippen LogP contribution in [0.5, 0.6) is 0 Å². The van der Waals surface area contributed by atoms with Crippen molar-refractivity contribution in [1.82, 2.24) is 15.1 Å². The fourth-order valence-corrected chi connectivity index (χ4v) is 2.81. The Morgan fingerprint density at radius 2 is 2.16 bits per heavy atom. The molecule has 1 aromatic heterocycles. The van der Waals surface area contributed by atoms with Crippen molar-refractivity contribution in [3.8, 4) is 0 Å². The summed E-state index contributed by atoms with van der Waals surface area (Å²) < 4.78 is 5.34. The molecular formula is C16H24IN5O3. The molecule has 1 aliphatic heterocycles. The van der Waals surface area contributed by atoms with Gasteiger partial charge in [-0.2, -0.15) is 0 Å². The lowest BCUT2D eigenvalue weighted by Crippen LogP contribution is -2.55. The standard InChI is InChI=1S/C16H23N5O3.HI/c1-2-18-16(19-9-12-5-6-13(24-12)15(17)23)20-7-8-21(11-3-4-11)14(22)10-20;/h5-6,11H,2-4,7-10H2,1H3,(H2,17,23)(H,18,19);1H. The zero-order valence-electron chi connectivity index (χ0n) is 14.2. The van der Waals surface area contributed by atoms with E-state index in [2.05, 4.69) is 10.3 Å². The maximum Gasteiger partial charge on any atom is 0.284 e. The minimum Gasteiger partial charge on any atom is -0.454 e. The monoisotopic (exact) mass is 461 g/mol. The Balaban J connectivity index is 0.00000225. The molecule has 25 heavy (non-hydrogen) atoms. The Kier molecular flexibility index (Phi) is 6.68. The summed E-state index contributed by atoms with van der Waals surface area (Å²) in [5, 5.41) is 3.20. The van der Waals surface area contributed by atoms with E-state index in [-0.39, 0.29) is 42.2 Å². The number of primary amides is 1. The number of carbonyl (C=O) groups is 2. The summed E-state index contributed by atoms with van der Waals surface area (Å²) >= 11 is 0. The van der Waals surface area contributed by atoms with E-state index < -0.39 is 5.91 Å². The second-order valence-corrected chi connectivity index (χ2v) is 6.04. The molecule has 3 N–H and O–H groups in total. The number of furan rings is 1. The number of hydrogen-bond acceptors (Lipinski definition) is 4. The maximum absolute atomic E-state index is 12.3. The number of amides is 2. The fraction of sp³-hybridized carbons (Fsp3) is 0.562. The highest BCUT2D eigenvalue weighted by Gasteiger charge is 2.36. The number of hydrogen-bond donors (Lipinski definition) is 2. The van der Waals surface area contributed by atoms with Gasteiger partial charge in [0.25, 0.3) is 5.91 Å². The Morgan fingerprint density at radius 3 is 2.72 bits per heavy atom. The van der Waals surface area contributed by atoms with Crippen LogP contribution in [0, 0.1) is 0 Å².